The molecule has 0 aliphatic heterocycles. The number of aromatic nitrogens is 1. The molecular weight excluding hydrogens is 194 g/mol. The van der Waals surface area contributed by atoms with Gasteiger partial charge in [0.1, 0.15) is 6.61 Å². The Labute approximate surface area is 89.2 Å². The van der Waals surface area contributed by atoms with E-state index in [1.165, 1.54) is 0 Å². The highest BCUT2D eigenvalue weighted by Gasteiger charge is 2.05. The number of hydrogen-bond acceptors (Lipinski definition) is 4. The smallest absolute Gasteiger partial charge is 0.190 e. The van der Waals surface area contributed by atoms with Gasteiger partial charge in [-0.25, -0.2) is 0 Å². The average Bonchev–Trinajstić information content (AvgIpc) is 2.24. The molecule has 82 valence electrons. The summed E-state index contributed by atoms with van der Waals surface area (Å²) in [6.45, 7) is 2.91. The summed E-state index contributed by atoms with van der Waals surface area (Å²) in [4.78, 5) is 15.5. The van der Waals surface area contributed by atoms with E-state index in [0.29, 0.717) is 18.8 Å². The topological polar surface area (TPSA) is 48.4 Å². The molecule has 0 radical (unpaired) electrons. The van der Waals surface area contributed by atoms with Crippen LogP contribution in [-0.4, -0.2) is 37.7 Å². The van der Waals surface area contributed by atoms with Crippen LogP contribution >= 0.6 is 0 Å². The number of ketones is 1. The van der Waals surface area contributed by atoms with Crippen LogP contribution in [0.1, 0.15) is 15.9 Å². The number of carbonyl (C=O) groups is 1. The summed E-state index contributed by atoms with van der Waals surface area (Å²) in [5.74, 6) is -0.0534. The summed E-state index contributed by atoms with van der Waals surface area (Å²) in [6.07, 6.45) is 3.26. The van der Waals surface area contributed by atoms with Crippen LogP contribution in [0, 0.1) is 6.92 Å². The van der Waals surface area contributed by atoms with Gasteiger partial charge in [-0.3, -0.25) is 9.78 Å². The van der Waals surface area contributed by atoms with Crippen LogP contribution in [0.25, 0.3) is 0 Å². The number of aryl methyl sites for hydroxylation is 1. The SMILES string of the molecule is COCCOCC(=O)c1cncc(C)c1. The first kappa shape index (κ1) is 11.8. The highest BCUT2D eigenvalue weighted by Crippen LogP contribution is 2.02. The lowest BCUT2D eigenvalue weighted by Crippen LogP contribution is -2.12. The number of rotatable bonds is 6. The zero-order valence-corrected chi connectivity index (χ0v) is 9.03. The lowest BCUT2D eigenvalue weighted by Gasteiger charge is -2.03. The number of carbonyl (C=O) groups excluding carboxylic acids is 1. The Morgan fingerprint density at radius 2 is 2.20 bits per heavy atom. The zero-order valence-electron chi connectivity index (χ0n) is 9.03. The van der Waals surface area contributed by atoms with Crippen LogP contribution in [0.4, 0.5) is 0 Å². The van der Waals surface area contributed by atoms with Crippen LogP contribution in [0.5, 0.6) is 0 Å². The third kappa shape index (κ3) is 4.18. The fraction of sp³-hybridized carbons (Fsp3) is 0.455. The van der Waals surface area contributed by atoms with Gasteiger partial charge in [-0.2, -0.15) is 0 Å². The molecule has 0 bridgehead atoms. The summed E-state index contributed by atoms with van der Waals surface area (Å²) in [7, 11) is 1.59. The van der Waals surface area contributed by atoms with Gasteiger partial charge in [0.25, 0.3) is 0 Å². The summed E-state index contributed by atoms with van der Waals surface area (Å²) in [6, 6.07) is 1.80. The van der Waals surface area contributed by atoms with Crippen LogP contribution in [0.2, 0.25) is 0 Å². The Morgan fingerprint density at radius 1 is 1.40 bits per heavy atom. The average molecular weight is 209 g/mol. The minimum atomic E-state index is -0.0534. The molecule has 0 saturated carbocycles. The van der Waals surface area contributed by atoms with Gasteiger partial charge in [0, 0.05) is 25.1 Å². The van der Waals surface area contributed by atoms with Crippen LogP contribution in [0.3, 0.4) is 0 Å². The minimum absolute atomic E-state index is 0.0534. The van der Waals surface area contributed by atoms with Gasteiger partial charge >= 0.3 is 0 Å². The first-order chi connectivity index (χ1) is 7.24. The maximum absolute atomic E-state index is 11.6. The summed E-state index contributed by atoms with van der Waals surface area (Å²) >= 11 is 0. The molecule has 4 heteroatoms. The summed E-state index contributed by atoms with van der Waals surface area (Å²) in [5.41, 5.74) is 1.56. The molecule has 4 nitrogen and oxygen atoms in total. The first-order valence-corrected chi connectivity index (χ1v) is 4.75. The number of pyridine rings is 1. The van der Waals surface area contributed by atoms with E-state index in [9.17, 15) is 4.79 Å². The number of methoxy groups -OCH3 is 1. The molecule has 15 heavy (non-hydrogen) atoms. The Balaban J connectivity index is 2.40. The molecule has 0 spiro atoms. The van der Waals surface area contributed by atoms with Gasteiger partial charge in [0.2, 0.25) is 0 Å². The molecule has 1 aromatic heterocycles. The van der Waals surface area contributed by atoms with Crippen LogP contribution in [-0.2, 0) is 9.47 Å². The van der Waals surface area contributed by atoms with E-state index >= 15 is 0 Å². The zero-order chi connectivity index (χ0) is 11.1. The van der Waals surface area contributed by atoms with E-state index in [-0.39, 0.29) is 12.4 Å². The monoisotopic (exact) mass is 209 g/mol. The number of ether oxygens (including phenoxy) is 2. The molecule has 1 heterocycles. The lowest BCUT2D eigenvalue weighted by molar-refractivity contribution is 0.0576. The molecule has 1 aromatic rings. The van der Waals surface area contributed by atoms with Crippen molar-refractivity contribution >= 4 is 5.78 Å². The Hall–Kier alpha value is -1.26. The quantitative estimate of drug-likeness (QED) is 0.522. The second kappa shape index (κ2) is 6.27. The van der Waals surface area contributed by atoms with E-state index in [0.717, 1.165) is 5.56 Å². The normalized spacial score (nSPS) is 10.3. The summed E-state index contributed by atoms with van der Waals surface area (Å²) < 4.78 is 9.93. The van der Waals surface area contributed by atoms with Gasteiger partial charge in [-0.05, 0) is 18.6 Å². The van der Waals surface area contributed by atoms with Gasteiger partial charge < -0.3 is 9.47 Å². The van der Waals surface area contributed by atoms with Crippen LogP contribution in [0.15, 0.2) is 18.5 Å². The standard InChI is InChI=1S/C11H15NO3/c1-9-5-10(7-12-6-9)11(13)8-15-4-3-14-2/h5-7H,3-4,8H2,1-2H3. The number of hydrogen-bond donors (Lipinski definition) is 0. The van der Waals surface area contributed by atoms with Crippen molar-refractivity contribution in [3.8, 4) is 0 Å². The highest BCUT2D eigenvalue weighted by atomic mass is 16.5. The molecule has 0 aliphatic rings. The van der Waals surface area contributed by atoms with Crippen molar-refractivity contribution in [3.63, 3.8) is 0 Å². The molecule has 0 atom stereocenters. The molecule has 0 saturated heterocycles. The van der Waals surface area contributed by atoms with Crippen LogP contribution < -0.4 is 0 Å². The van der Waals surface area contributed by atoms with Crippen molar-refractivity contribution in [1.29, 1.82) is 0 Å². The third-order valence-electron chi connectivity index (χ3n) is 1.86. The fourth-order valence-corrected chi connectivity index (χ4v) is 1.10. The van der Waals surface area contributed by atoms with E-state index in [1.54, 1.807) is 25.6 Å². The van der Waals surface area contributed by atoms with Crippen molar-refractivity contribution in [1.82, 2.24) is 4.98 Å². The molecule has 0 fully saturated rings. The Morgan fingerprint density at radius 3 is 2.87 bits per heavy atom. The molecule has 0 N–H and O–H groups in total. The maximum Gasteiger partial charge on any atom is 0.190 e. The predicted molar refractivity (Wildman–Crippen MR) is 56.0 cm³/mol. The second-order valence-corrected chi connectivity index (χ2v) is 3.22. The predicted octanol–water partition coefficient (Wildman–Crippen LogP) is 1.24. The third-order valence-corrected chi connectivity index (χ3v) is 1.86. The lowest BCUT2D eigenvalue weighted by atomic mass is 10.1. The van der Waals surface area contributed by atoms with Crippen molar-refractivity contribution < 1.29 is 14.3 Å². The van der Waals surface area contributed by atoms with E-state index in [1.807, 2.05) is 6.92 Å². The minimum Gasteiger partial charge on any atom is -0.382 e. The molecule has 0 aliphatic carbocycles. The number of nitrogens with zero attached hydrogens (tertiary/aromatic N) is 1. The van der Waals surface area contributed by atoms with Crippen molar-refractivity contribution in [2.75, 3.05) is 26.9 Å². The molecule has 0 unspecified atom stereocenters. The summed E-state index contributed by atoms with van der Waals surface area (Å²) in [5, 5.41) is 0. The first-order valence-electron chi connectivity index (χ1n) is 4.75. The van der Waals surface area contributed by atoms with E-state index < -0.39 is 0 Å². The Kier molecular flexibility index (Phi) is 4.93. The second-order valence-electron chi connectivity index (χ2n) is 3.22. The number of Topliss-reactive ketones (excluding diaryl/α,β-unsaturated/α-hetero) is 1. The van der Waals surface area contributed by atoms with Gasteiger partial charge in [0.15, 0.2) is 5.78 Å². The van der Waals surface area contributed by atoms with Gasteiger partial charge in [0.05, 0.1) is 13.2 Å². The van der Waals surface area contributed by atoms with Gasteiger partial charge in [-0.1, -0.05) is 0 Å². The van der Waals surface area contributed by atoms with Crippen molar-refractivity contribution in [2.24, 2.45) is 0 Å². The Bertz CT molecular complexity index is 325. The fourth-order valence-electron chi connectivity index (χ4n) is 1.10. The van der Waals surface area contributed by atoms with Crippen molar-refractivity contribution in [3.05, 3.63) is 29.6 Å². The largest absolute Gasteiger partial charge is 0.382 e. The molecule has 0 amide bonds. The van der Waals surface area contributed by atoms with E-state index in [4.69, 9.17) is 9.47 Å². The maximum atomic E-state index is 11.6. The molecule has 0 aromatic carbocycles. The van der Waals surface area contributed by atoms with Gasteiger partial charge in [-0.15, -0.1) is 0 Å². The van der Waals surface area contributed by atoms with E-state index in [2.05, 4.69) is 4.98 Å². The highest BCUT2D eigenvalue weighted by molar-refractivity contribution is 5.96. The van der Waals surface area contributed by atoms with Crippen molar-refractivity contribution in [2.45, 2.75) is 6.92 Å². The molecule has 1 rings (SSSR count). The molecular formula is C11H15NO3.